The van der Waals surface area contributed by atoms with Crippen molar-refractivity contribution in [3.05, 3.63) is 65.2 Å². The predicted octanol–water partition coefficient (Wildman–Crippen LogP) is 2.28. The van der Waals surface area contributed by atoms with Crippen molar-refractivity contribution in [3.63, 3.8) is 0 Å². The van der Waals surface area contributed by atoms with Crippen LogP contribution in [0.1, 0.15) is 20.7 Å². The molecule has 0 atom stereocenters. The molecule has 2 aromatic rings. The van der Waals surface area contributed by atoms with Crippen LogP contribution in [0.3, 0.4) is 0 Å². The Morgan fingerprint density at radius 1 is 1.00 bits per heavy atom. The normalized spacial score (nSPS) is 14.5. The minimum absolute atomic E-state index is 0.250. The molecule has 3 rings (SSSR count). The fourth-order valence-electron chi connectivity index (χ4n) is 2.90. The van der Waals surface area contributed by atoms with Crippen molar-refractivity contribution >= 4 is 17.5 Å². The molecule has 1 heterocycles. The maximum absolute atomic E-state index is 13.8. The zero-order valence-electron chi connectivity index (χ0n) is 15.2. The van der Waals surface area contributed by atoms with Crippen LogP contribution in [0, 0.1) is 11.6 Å². The summed E-state index contributed by atoms with van der Waals surface area (Å²) in [5.41, 5.74) is 0.212. The van der Waals surface area contributed by atoms with Gasteiger partial charge in [0.15, 0.2) is 0 Å². The van der Waals surface area contributed by atoms with Gasteiger partial charge in [-0.1, -0.05) is 12.1 Å². The quantitative estimate of drug-likeness (QED) is 0.795. The third-order valence-corrected chi connectivity index (χ3v) is 4.41. The van der Waals surface area contributed by atoms with Crippen LogP contribution in [-0.4, -0.2) is 56.1 Å². The summed E-state index contributed by atoms with van der Waals surface area (Å²) >= 11 is 0. The molecule has 0 spiro atoms. The second-order valence-electron chi connectivity index (χ2n) is 6.33. The van der Waals surface area contributed by atoms with Gasteiger partial charge in [-0.15, -0.1) is 0 Å². The van der Waals surface area contributed by atoms with Crippen molar-refractivity contribution in [2.75, 3.05) is 44.7 Å². The summed E-state index contributed by atoms with van der Waals surface area (Å²) in [5.74, 6) is -2.84. The van der Waals surface area contributed by atoms with Gasteiger partial charge in [0.05, 0.1) is 30.0 Å². The number of nitrogens with zero attached hydrogens (tertiary/aromatic N) is 1. The minimum atomic E-state index is -0.968. The largest absolute Gasteiger partial charge is 0.379 e. The summed E-state index contributed by atoms with van der Waals surface area (Å²) in [6, 6.07) is 9.15. The zero-order valence-corrected chi connectivity index (χ0v) is 15.2. The van der Waals surface area contributed by atoms with Gasteiger partial charge >= 0.3 is 0 Å². The number of nitrogens with one attached hydrogen (secondary N) is 2. The predicted molar refractivity (Wildman–Crippen MR) is 100 cm³/mol. The van der Waals surface area contributed by atoms with Crippen LogP contribution < -0.4 is 10.6 Å². The Hall–Kier alpha value is -2.84. The third kappa shape index (κ3) is 5.11. The molecule has 6 nitrogen and oxygen atoms in total. The molecular weight excluding hydrogens is 368 g/mol. The van der Waals surface area contributed by atoms with Crippen molar-refractivity contribution in [3.8, 4) is 0 Å². The van der Waals surface area contributed by atoms with Gasteiger partial charge in [-0.25, -0.2) is 8.78 Å². The van der Waals surface area contributed by atoms with Gasteiger partial charge in [0.2, 0.25) is 0 Å². The number of ether oxygens (including phenoxy) is 1. The highest BCUT2D eigenvalue weighted by Gasteiger charge is 2.17. The molecule has 2 amide bonds. The molecule has 8 heteroatoms. The van der Waals surface area contributed by atoms with Gasteiger partial charge in [0.1, 0.15) is 11.6 Å². The number of morpholine rings is 1. The molecule has 0 saturated carbocycles. The van der Waals surface area contributed by atoms with Crippen LogP contribution in [-0.2, 0) is 4.74 Å². The van der Waals surface area contributed by atoms with E-state index in [2.05, 4.69) is 15.5 Å². The Balaban J connectivity index is 1.63. The maximum Gasteiger partial charge on any atom is 0.258 e. The van der Waals surface area contributed by atoms with Gasteiger partial charge in [0, 0.05) is 32.2 Å². The Labute approximate surface area is 161 Å². The Bertz CT molecular complexity index is 854. The Morgan fingerprint density at radius 2 is 1.75 bits per heavy atom. The van der Waals surface area contributed by atoms with E-state index in [1.54, 1.807) is 24.3 Å². The molecule has 28 heavy (non-hydrogen) atoms. The van der Waals surface area contributed by atoms with Crippen molar-refractivity contribution in [2.24, 2.45) is 0 Å². The van der Waals surface area contributed by atoms with E-state index in [0.29, 0.717) is 32.4 Å². The number of para-hydroxylation sites is 1. The number of halogens is 2. The van der Waals surface area contributed by atoms with Crippen LogP contribution >= 0.6 is 0 Å². The molecule has 148 valence electrons. The zero-order chi connectivity index (χ0) is 19.9. The molecule has 0 bridgehead atoms. The lowest BCUT2D eigenvalue weighted by molar-refractivity contribution is 0.0383. The number of anilines is 1. The highest BCUT2D eigenvalue weighted by atomic mass is 19.1. The van der Waals surface area contributed by atoms with Crippen LogP contribution in [0.4, 0.5) is 14.5 Å². The first kappa shape index (κ1) is 19.9. The van der Waals surface area contributed by atoms with E-state index >= 15 is 0 Å². The molecule has 1 aliphatic rings. The highest BCUT2D eigenvalue weighted by molar-refractivity contribution is 6.09. The van der Waals surface area contributed by atoms with Crippen LogP contribution in [0.25, 0.3) is 0 Å². The van der Waals surface area contributed by atoms with E-state index in [1.807, 2.05) is 0 Å². The molecule has 1 aliphatic heterocycles. The van der Waals surface area contributed by atoms with Crippen molar-refractivity contribution in [1.82, 2.24) is 10.2 Å². The van der Waals surface area contributed by atoms with E-state index in [4.69, 9.17) is 4.74 Å². The molecule has 0 aliphatic carbocycles. The number of rotatable bonds is 6. The standard InChI is InChI=1S/C20H21F2N3O3/c21-14-5-6-15(17(22)13-14)20(27)24-18-4-2-1-3-16(18)19(26)23-7-8-25-9-11-28-12-10-25/h1-6,13H,7-12H2,(H,23,26)(H,24,27). The van der Waals surface area contributed by atoms with Crippen LogP contribution in [0.2, 0.25) is 0 Å². The van der Waals surface area contributed by atoms with Gasteiger partial charge in [-0.05, 0) is 24.3 Å². The number of hydrogen-bond acceptors (Lipinski definition) is 4. The second kappa shape index (κ2) is 9.38. The van der Waals surface area contributed by atoms with Crippen molar-refractivity contribution in [2.45, 2.75) is 0 Å². The number of carbonyl (C=O) groups is 2. The average molecular weight is 389 g/mol. The first-order valence-electron chi connectivity index (χ1n) is 8.98. The van der Waals surface area contributed by atoms with Crippen LogP contribution in [0.5, 0.6) is 0 Å². The average Bonchev–Trinajstić information content (AvgIpc) is 2.69. The van der Waals surface area contributed by atoms with Gasteiger partial charge in [0.25, 0.3) is 11.8 Å². The van der Waals surface area contributed by atoms with E-state index < -0.39 is 17.5 Å². The van der Waals surface area contributed by atoms with E-state index in [9.17, 15) is 18.4 Å². The van der Waals surface area contributed by atoms with E-state index in [1.165, 1.54) is 0 Å². The summed E-state index contributed by atoms with van der Waals surface area (Å²) in [4.78, 5) is 27.0. The van der Waals surface area contributed by atoms with Gasteiger partial charge in [-0.2, -0.15) is 0 Å². The number of hydrogen-bond donors (Lipinski definition) is 2. The molecule has 0 unspecified atom stereocenters. The Kier molecular flexibility index (Phi) is 6.67. The third-order valence-electron chi connectivity index (χ3n) is 4.41. The summed E-state index contributed by atoms with van der Waals surface area (Å²) in [6.07, 6.45) is 0. The second-order valence-corrected chi connectivity index (χ2v) is 6.33. The number of carbonyl (C=O) groups excluding carboxylic acids is 2. The highest BCUT2D eigenvalue weighted by Crippen LogP contribution is 2.18. The van der Waals surface area contributed by atoms with Crippen LogP contribution in [0.15, 0.2) is 42.5 Å². The number of amides is 2. The lowest BCUT2D eigenvalue weighted by Crippen LogP contribution is -2.41. The SMILES string of the molecule is O=C(Nc1ccccc1C(=O)NCCN1CCOCC1)c1ccc(F)cc1F. The van der Waals surface area contributed by atoms with Crippen molar-refractivity contribution < 1.29 is 23.1 Å². The fourth-order valence-corrected chi connectivity index (χ4v) is 2.90. The maximum atomic E-state index is 13.8. The van der Waals surface area contributed by atoms with E-state index in [0.717, 1.165) is 25.2 Å². The lowest BCUT2D eigenvalue weighted by atomic mass is 10.1. The van der Waals surface area contributed by atoms with Crippen molar-refractivity contribution in [1.29, 1.82) is 0 Å². The monoisotopic (exact) mass is 389 g/mol. The molecule has 2 aromatic carbocycles. The summed E-state index contributed by atoms with van der Waals surface area (Å²) in [6.45, 7) is 4.17. The number of benzene rings is 2. The smallest absolute Gasteiger partial charge is 0.258 e. The molecule has 0 radical (unpaired) electrons. The molecule has 0 aromatic heterocycles. The Morgan fingerprint density at radius 3 is 2.50 bits per heavy atom. The molecule has 1 saturated heterocycles. The first-order valence-corrected chi connectivity index (χ1v) is 8.98. The topological polar surface area (TPSA) is 70.7 Å². The molecule has 2 N–H and O–H groups in total. The first-order chi connectivity index (χ1) is 13.5. The molecular formula is C20H21F2N3O3. The fraction of sp³-hybridized carbons (Fsp3) is 0.300. The lowest BCUT2D eigenvalue weighted by Gasteiger charge is -2.26. The summed E-state index contributed by atoms with van der Waals surface area (Å²) in [5, 5.41) is 5.34. The minimum Gasteiger partial charge on any atom is -0.379 e. The van der Waals surface area contributed by atoms with E-state index in [-0.39, 0.29) is 22.7 Å². The summed E-state index contributed by atoms with van der Waals surface area (Å²) < 4.78 is 32.1. The van der Waals surface area contributed by atoms with Gasteiger partial charge in [-0.3, -0.25) is 14.5 Å². The summed E-state index contributed by atoms with van der Waals surface area (Å²) in [7, 11) is 0. The molecule has 1 fully saturated rings. The van der Waals surface area contributed by atoms with Gasteiger partial charge < -0.3 is 15.4 Å².